The summed E-state index contributed by atoms with van der Waals surface area (Å²) in [6, 6.07) is 0. The molecule has 7 aliphatic rings. The SMILES string of the molecule is NC12CC3C4CC5CC6C(C1)C1(C2)C3C4(C5)C61. The average Bonchev–Trinajstić information content (AvgIpc) is 2.72. The normalized spacial score (nSPS) is 87.0. The second-order valence-electron chi connectivity index (χ2n) is 9.21. The second-order valence-corrected chi connectivity index (χ2v) is 9.21. The van der Waals surface area contributed by atoms with Gasteiger partial charge in [-0.15, -0.1) is 0 Å². The number of fused-ring (bicyclic) bond motifs is 4. The lowest BCUT2D eigenvalue weighted by Crippen LogP contribution is -2.86. The van der Waals surface area contributed by atoms with Crippen molar-refractivity contribution >= 4 is 0 Å². The lowest BCUT2D eigenvalue weighted by molar-refractivity contribution is -0.432. The molecule has 90 valence electrons. The Bertz CT molecular complexity index is 490. The molecule has 10 unspecified atom stereocenters. The van der Waals surface area contributed by atoms with Gasteiger partial charge in [-0.1, -0.05) is 0 Å². The Morgan fingerprint density at radius 3 is 2.65 bits per heavy atom. The van der Waals surface area contributed by atoms with Gasteiger partial charge in [0.1, 0.15) is 0 Å². The molecule has 7 fully saturated rings. The first kappa shape index (κ1) is 8.19. The fourth-order valence-corrected chi connectivity index (χ4v) is 10.1. The smallest absolute Gasteiger partial charge is 0.0165 e. The molecular formula is C16H21N. The monoisotopic (exact) mass is 227 g/mol. The molecule has 0 radical (unpaired) electrons. The highest BCUT2D eigenvalue weighted by Crippen LogP contribution is 2.99. The van der Waals surface area contributed by atoms with Crippen LogP contribution < -0.4 is 5.73 Å². The Morgan fingerprint density at radius 1 is 0.824 bits per heavy atom. The summed E-state index contributed by atoms with van der Waals surface area (Å²) in [6.45, 7) is 0. The van der Waals surface area contributed by atoms with E-state index in [1.54, 1.807) is 19.3 Å². The van der Waals surface area contributed by atoms with Crippen molar-refractivity contribution in [1.82, 2.24) is 0 Å². The van der Waals surface area contributed by atoms with Crippen LogP contribution in [0.5, 0.6) is 0 Å². The third-order valence-corrected chi connectivity index (χ3v) is 9.35. The van der Waals surface area contributed by atoms with E-state index in [0.29, 0.717) is 5.54 Å². The summed E-state index contributed by atoms with van der Waals surface area (Å²) in [5.74, 6) is 8.04. The zero-order chi connectivity index (χ0) is 10.8. The van der Waals surface area contributed by atoms with E-state index in [9.17, 15) is 0 Å². The van der Waals surface area contributed by atoms with Crippen LogP contribution >= 0.6 is 0 Å². The molecule has 2 spiro atoms. The van der Waals surface area contributed by atoms with Crippen LogP contribution in [0.25, 0.3) is 0 Å². The largest absolute Gasteiger partial charge is 0.325 e. The van der Waals surface area contributed by atoms with Crippen LogP contribution in [0.15, 0.2) is 0 Å². The van der Waals surface area contributed by atoms with Crippen molar-refractivity contribution in [1.29, 1.82) is 0 Å². The molecule has 7 aliphatic carbocycles. The first-order valence-corrected chi connectivity index (χ1v) is 7.98. The van der Waals surface area contributed by atoms with Gasteiger partial charge in [0.25, 0.3) is 0 Å². The van der Waals surface area contributed by atoms with E-state index in [4.69, 9.17) is 5.73 Å². The Hall–Kier alpha value is -0.0400. The minimum Gasteiger partial charge on any atom is -0.325 e. The quantitative estimate of drug-likeness (QED) is 0.675. The van der Waals surface area contributed by atoms with Crippen LogP contribution in [-0.4, -0.2) is 5.54 Å². The summed E-state index contributed by atoms with van der Waals surface area (Å²) in [5, 5.41) is 0. The summed E-state index contributed by atoms with van der Waals surface area (Å²) >= 11 is 0. The minimum atomic E-state index is 0.306. The summed E-state index contributed by atoms with van der Waals surface area (Å²) in [5.41, 5.74) is 8.85. The van der Waals surface area contributed by atoms with Gasteiger partial charge in [-0.3, -0.25) is 0 Å². The molecule has 0 heterocycles. The number of nitrogens with two attached hydrogens (primary N) is 1. The lowest BCUT2D eigenvalue weighted by atomic mass is 9.14. The molecular weight excluding hydrogens is 206 g/mol. The highest BCUT2D eigenvalue weighted by Gasteiger charge is 2.95. The van der Waals surface area contributed by atoms with Gasteiger partial charge < -0.3 is 5.73 Å². The Balaban J connectivity index is 1.56. The molecule has 0 aromatic rings. The molecule has 2 N–H and O–H groups in total. The highest BCUT2D eigenvalue weighted by molar-refractivity contribution is 5.43. The van der Waals surface area contributed by atoms with E-state index in [-0.39, 0.29) is 0 Å². The van der Waals surface area contributed by atoms with Crippen LogP contribution in [0.3, 0.4) is 0 Å². The van der Waals surface area contributed by atoms with Crippen molar-refractivity contribution in [2.24, 2.45) is 58.0 Å². The van der Waals surface area contributed by atoms with Crippen molar-refractivity contribution in [2.75, 3.05) is 0 Å². The average molecular weight is 227 g/mol. The van der Waals surface area contributed by atoms with Gasteiger partial charge in [0.05, 0.1) is 0 Å². The molecule has 7 rings (SSSR count). The fraction of sp³-hybridized carbons (Fsp3) is 1.00. The van der Waals surface area contributed by atoms with Crippen LogP contribution in [-0.2, 0) is 0 Å². The van der Waals surface area contributed by atoms with Crippen molar-refractivity contribution in [3.63, 3.8) is 0 Å². The molecule has 17 heavy (non-hydrogen) atoms. The predicted molar refractivity (Wildman–Crippen MR) is 63.9 cm³/mol. The van der Waals surface area contributed by atoms with Gasteiger partial charge in [-0.2, -0.15) is 0 Å². The van der Waals surface area contributed by atoms with Gasteiger partial charge in [0.15, 0.2) is 0 Å². The molecule has 0 aromatic heterocycles. The molecule has 0 amide bonds. The lowest BCUT2D eigenvalue weighted by Gasteiger charge is -2.90. The highest BCUT2D eigenvalue weighted by atomic mass is 15.0. The zero-order valence-corrected chi connectivity index (χ0v) is 10.4. The number of hydrogen-bond acceptors (Lipinski definition) is 1. The van der Waals surface area contributed by atoms with E-state index in [2.05, 4.69) is 0 Å². The molecule has 4 bridgehead atoms. The standard InChI is InChI=1S/C16H21N/c17-14-4-9-10-2-7-1-8-11(5-14)16(6-14)12(8)15(10,3-7)13(9)16/h7-13H,1-6,17H2. The Labute approximate surface area is 103 Å². The van der Waals surface area contributed by atoms with Gasteiger partial charge >= 0.3 is 0 Å². The maximum atomic E-state index is 6.77. The molecule has 0 saturated heterocycles. The van der Waals surface area contributed by atoms with Crippen LogP contribution in [0.4, 0.5) is 0 Å². The third-order valence-electron chi connectivity index (χ3n) is 9.35. The van der Waals surface area contributed by atoms with E-state index in [1.165, 1.54) is 31.1 Å². The maximum Gasteiger partial charge on any atom is 0.0165 e. The van der Waals surface area contributed by atoms with Crippen molar-refractivity contribution in [2.45, 2.75) is 44.1 Å². The minimum absolute atomic E-state index is 0.306. The molecule has 1 nitrogen and oxygen atoms in total. The van der Waals surface area contributed by atoms with Gasteiger partial charge in [0, 0.05) is 5.54 Å². The van der Waals surface area contributed by atoms with Gasteiger partial charge in [-0.05, 0) is 90.8 Å². The maximum absolute atomic E-state index is 6.77. The van der Waals surface area contributed by atoms with E-state index in [0.717, 1.165) is 40.4 Å². The third kappa shape index (κ3) is 0.475. The molecule has 7 saturated carbocycles. The fourth-order valence-electron chi connectivity index (χ4n) is 10.1. The first-order valence-electron chi connectivity index (χ1n) is 7.98. The molecule has 10 atom stereocenters. The Morgan fingerprint density at radius 2 is 1.71 bits per heavy atom. The van der Waals surface area contributed by atoms with Gasteiger partial charge in [0.2, 0.25) is 0 Å². The Kier molecular flexibility index (Phi) is 0.852. The summed E-state index contributed by atoms with van der Waals surface area (Å²) in [4.78, 5) is 0. The summed E-state index contributed by atoms with van der Waals surface area (Å²) in [7, 11) is 0. The van der Waals surface area contributed by atoms with Gasteiger partial charge in [-0.25, -0.2) is 0 Å². The van der Waals surface area contributed by atoms with E-state index >= 15 is 0 Å². The van der Waals surface area contributed by atoms with Crippen molar-refractivity contribution < 1.29 is 0 Å². The predicted octanol–water partition coefficient (Wildman–Crippen LogP) is 2.41. The molecule has 0 aromatic carbocycles. The molecule has 0 aliphatic heterocycles. The summed E-state index contributed by atoms with van der Waals surface area (Å²) < 4.78 is 0. The first-order chi connectivity index (χ1) is 8.19. The van der Waals surface area contributed by atoms with E-state index in [1.807, 2.05) is 0 Å². The van der Waals surface area contributed by atoms with Crippen molar-refractivity contribution in [3.05, 3.63) is 0 Å². The summed E-state index contributed by atoms with van der Waals surface area (Å²) in [6.07, 6.45) is 9.20. The topological polar surface area (TPSA) is 26.0 Å². The molecule has 1 heteroatoms. The van der Waals surface area contributed by atoms with E-state index < -0.39 is 0 Å². The van der Waals surface area contributed by atoms with Crippen LogP contribution in [0, 0.1) is 52.3 Å². The second kappa shape index (κ2) is 1.77. The number of rotatable bonds is 0. The van der Waals surface area contributed by atoms with Crippen LogP contribution in [0.1, 0.15) is 38.5 Å². The van der Waals surface area contributed by atoms with Crippen LogP contribution in [0.2, 0.25) is 0 Å². The zero-order valence-electron chi connectivity index (χ0n) is 10.4. The number of hydrogen-bond donors (Lipinski definition) is 1. The van der Waals surface area contributed by atoms with Crippen molar-refractivity contribution in [3.8, 4) is 0 Å².